The minimum absolute atomic E-state index is 0.0374. The van der Waals surface area contributed by atoms with E-state index in [0.717, 1.165) is 24.5 Å². The second-order valence-electron chi connectivity index (χ2n) is 7.89. The van der Waals surface area contributed by atoms with E-state index in [1.54, 1.807) is 12.1 Å². The van der Waals surface area contributed by atoms with Crippen LogP contribution in [0, 0.1) is 11.6 Å². The first-order valence-electron chi connectivity index (χ1n) is 9.51. The van der Waals surface area contributed by atoms with Crippen molar-refractivity contribution >= 4 is 11.8 Å². The summed E-state index contributed by atoms with van der Waals surface area (Å²) in [6.07, 6.45) is 2.31. The van der Waals surface area contributed by atoms with Gasteiger partial charge in [0.2, 0.25) is 5.91 Å². The van der Waals surface area contributed by atoms with Gasteiger partial charge in [0, 0.05) is 17.6 Å². The zero-order valence-corrected chi connectivity index (χ0v) is 15.7. The van der Waals surface area contributed by atoms with Crippen molar-refractivity contribution in [3.63, 3.8) is 0 Å². The summed E-state index contributed by atoms with van der Waals surface area (Å²) in [5.74, 6) is -1.94. The van der Waals surface area contributed by atoms with Gasteiger partial charge in [-0.1, -0.05) is 24.3 Å². The van der Waals surface area contributed by atoms with Crippen molar-refractivity contribution < 1.29 is 18.4 Å². The number of carbonyl (C=O) groups is 2. The highest BCUT2D eigenvalue weighted by Gasteiger charge is 2.41. The van der Waals surface area contributed by atoms with Crippen molar-refractivity contribution in [1.82, 2.24) is 10.2 Å². The number of carbonyl (C=O) groups excluding carboxylic acids is 2. The lowest BCUT2D eigenvalue weighted by molar-refractivity contribution is -0.135. The Balaban J connectivity index is 1.51. The highest BCUT2D eigenvalue weighted by atomic mass is 19.2. The van der Waals surface area contributed by atoms with Crippen LogP contribution < -0.4 is 5.32 Å². The molecule has 2 unspecified atom stereocenters. The number of nitrogens with one attached hydrogen (secondary N) is 1. The fourth-order valence-corrected chi connectivity index (χ4v) is 4.49. The van der Waals surface area contributed by atoms with E-state index < -0.39 is 17.2 Å². The SMILES string of the molecule is CC1(Cc2ccc(F)c(F)c2)CCCN1C(=O)CC1NC(=O)c2ccccc21. The highest BCUT2D eigenvalue weighted by molar-refractivity contribution is 5.99. The van der Waals surface area contributed by atoms with E-state index in [1.807, 2.05) is 30.0 Å². The molecule has 0 saturated carbocycles. The van der Waals surface area contributed by atoms with E-state index in [9.17, 15) is 18.4 Å². The topological polar surface area (TPSA) is 49.4 Å². The molecule has 0 radical (unpaired) electrons. The van der Waals surface area contributed by atoms with Gasteiger partial charge < -0.3 is 10.2 Å². The zero-order valence-electron chi connectivity index (χ0n) is 15.7. The zero-order chi connectivity index (χ0) is 19.9. The van der Waals surface area contributed by atoms with E-state index in [4.69, 9.17) is 0 Å². The Kier molecular flexibility index (Phi) is 4.65. The van der Waals surface area contributed by atoms with Gasteiger partial charge in [-0.05, 0) is 55.5 Å². The van der Waals surface area contributed by atoms with Gasteiger partial charge in [-0.3, -0.25) is 9.59 Å². The van der Waals surface area contributed by atoms with Crippen molar-refractivity contribution in [2.75, 3.05) is 6.54 Å². The largest absolute Gasteiger partial charge is 0.345 e. The monoisotopic (exact) mass is 384 g/mol. The molecule has 2 aliphatic rings. The summed E-state index contributed by atoms with van der Waals surface area (Å²) >= 11 is 0. The number of likely N-dealkylation sites (tertiary alicyclic amines) is 1. The molecule has 1 saturated heterocycles. The van der Waals surface area contributed by atoms with E-state index in [0.29, 0.717) is 24.1 Å². The number of fused-ring (bicyclic) bond motifs is 1. The minimum Gasteiger partial charge on any atom is -0.345 e. The van der Waals surface area contributed by atoms with Crippen molar-refractivity contribution in [3.8, 4) is 0 Å². The Morgan fingerprint density at radius 3 is 2.79 bits per heavy atom. The first-order valence-corrected chi connectivity index (χ1v) is 9.51. The van der Waals surface area contributed by atoms with E-state index >= 15 is 0 Å². The molecular weight excluding hydrogens is 362 g/mol. The molecule has 1 fully saturated rings. The van der Waals surface area contributed by atoms with Crippen LogP contribution in [0.25, 0.3) is 0 Å². The van der Waals surface area contributed by atoms with Gasteiger partial charge >= 0.3 is 0 Å². The number of hydrogen-bond acceptors (Lipinski definition) is 2. The van der Waals surface area contributed by atoms with Crippen molar-refractivity contribution in [1.29, 1.82) is 0 Å². The summed E-state index contributed by atoms with van der Waals surface area (Å²) in [6.45, 7) is 2.61. The van der Waals surface area contributed by atoms with Gasteiger partial charge in [-0.25, -0.2) is 8.78 Å². The third kappa shape index (κ3) is 3.28. The van der Waals surface area contributed by atoms with Crippen LogP contribution in [0.3, 0.4) is 0 Å². The van der Waals surface area contributed by atoms with Crippen LogP contribution >= 0.6 is 0 Å². The summed E-state index contributed by atoms with van der Waals surface area (Å²) in [4.78, 5) is 27.0. The van der Waals surface area contributed by atoms with E-state index in [1.165, 1.54) is 6.07 Å². The molecular formula is C22H22F2N2O2. The van der Waals surface area contributed by atoms with Crippen molar-refractivity contribution in [3.05, 3.63) is 70.8 Å². The molecule has 4 nitrogen and oxygen atoms in total. The summed E-state index contributed by atoms with van der Waals surface area (Å²) in [7, 11) is 0. The molecule has 2 aromatic rings. The second kappa shape index (κ2) is 7.00. The molecule has 146 valence electrons. The van der Waals surface area contributed by atoms with Gasteiger partial charge in [-0.15, -0.1) is 0 Å². The molecule has 2 amide bonds. The Hall–Kier alpha value is -2.76. The summed E-state index contributed by atoms with van der Waals surface area (Å²) in [5.41, 5.74) is 1.68. The Morgan fingerprint density at radius 2 is 2.00 bits per heavy atom. The maximum Gasteiger partial charge on any atom is 0.252 e. The Bertz CT molecular complexity index is 946. The van der Waals surface area contributed by atoms with Crippen LogP contribution in [-0.2, 0) is 11.2 Å². The molecule has 2 atom stereocenters. The lowest BCUT2D eigenvalue weighted by Gasteiger charge is -2.36. The van der Waals surface area contributed by atoms with Crippen LogP contribution in [0.15, 0.2) is 42.5 Å². The molecule has 1 N–H and O–H groups in total. The van der Waals surface area contributed by atoms with Crippen LogP contribution in [0.2, 0.25) is 0 Å². The quantitative estimate of drug-likeness (QED) is 0.873. The summed E-state index contributed by atoms with van der Waals surface area (Å²) < 4.78 is 26.8. The summed E-state index contributed by atoms with van der Waals surface area (Å²) in [6, 6.07) is 10.9. The highest BCUT2D eigenvalue weighted by Crippen LogP contribution is 2.35. The summed E-state index contributed by atoms with van der Waals surface area (Å²) in [5, 5.41) is 2.89. The molecule has 0 aromatic heterocycles. The van der Waals surface area contributed by atoms with Crippen LogP contribution in [0.1, 0.15) is 53.7 Å². The molecule has 2 heterocycles. The maximum absolute atomic E-state index is 13.6. The Labute approximate surface area is 162 Å². The van der Waals surface area contributed by atoms with Gasteiger partial charge in [0.25, 0.3) is 5.91 Å². The molecule has 6 heteroatoms. The van der Waals surface area contributed by atoms with Crippen molar-refractivity contribution in [2.24, 2.45) is 0 Å². The average molecular weight is 384 g/mol. The first kappa shape index (κ1) is 18.6. The number of hydrogen-bond donors (Lipinski definition) is 1. The van der Waals surface area contributed by atoms with Crippen LogP contribution in [0.5, 0.6) is 0 Å². The van der Waals surface area contributed by atoms with Gasteiger partial charge in [-0.2, -0.15) is 0 Å². The number of amides is 2. The third-order valence-electron chi connectivity index (χ3n) is 5.88. The first-order chi connectivity index (χ1) is 13.4. The number of benzene rings is 2. The molecule has 2 aromatic carbocycles. The van der Waals surface area contributed by atoms with Crippen molar-refractivity contribution in [2.45, 2.75) is 44.2 Å². The van der Waals surface area contributed by atoms with Gasteiger partial charge in [0.1, 0.15) is 0 Å². The van der Waals surface area contributed by atoms with E-state index in [-0.39, 0.29) is 24.3 Å². The standard InChI is InChI=1S/C22H22F2N2O2/c1-22(13-14-7-8-17(23)18(24)11-14)9-4-10-26(22)20(27)12-19-15-5-2-3-6-16(15)21(28)25-19/h2-3,5-8,11,19H,4,9-10,12-13H2,1H3,(H,25,28). The van der Waals surface area contributed by atoms with Gasteiger partial charge in [0.05, 0.1) is 12.5 Å². The molecule has 0 aliphatic carbocycles. The number of halogens is 2. The van der Waals surface area contributed by atoms with Crippen LogP contribution in [0.4, 0.5) is 8.78 Å². The number of nitrogens with zero attached hydrogens (tertiary/aromatic N) is 1. The fraction of sp³-hybridized carbons (Fsp3) is 0.364. The minimum atomic E-state index is -0.873. The maximum atomic E-state index is 13.6. The van der Waals surface area contributed by atoms with E-state index in [2.05, 4.69) is 5.32 Å². The normalized spacial score (nSPS) is 23.6. The molecule has 28 heavy (non-hydrogen) atoms. The Morgan fingerprint density at radius 1 is 1.21 bits per heavy atom. The predicted molar refractivity (Wildman–Crippen MR) is 101 cm³/mol. The molecule has 0 spiro atoms. The molecule has 0 bridgehead atoms. The predicted octanol–water partition coefficient (Wildman–Crippen LogP) is 3.76. The molecule has 2 aliphatic heterocycles. The number of rotatable bonds is 4. The smallest absolute Gasteiger partial charge is 0.252 e. The fourth-order valence-electron chi connectivity index (χ4n) is 4.49. The van der Waals surface area contributed by atoms with Gasteiger partial charge in [0.15, 0.2) is 11.6 Å². The average Bonchev–Trinajstić information content (AvgIpc) is 3.19. The lowest BCUT2D eigenvalue weighted by Crippen LogP contribution is -2.47. The lowest BCUT2D eigenvalue weighted by atomic mass is 9.89. The van der Waals surface area contributed by atoms with Crippen LogP contribution in [-0.4, -0.2) is 28.8 Å². The second-order valence-corrected chi connectivity index (χ2v) is 7.89. The molecule has 4 rings (SSSR count). The third-order valence-corrected chi connectivity index (χ3v) is 5.88.